The summed E-state index contributed by atoms with van der Waals surface area (Å²) in [4.78, 5) is 14.1. The Balaban J connectivity index is 2.22. The van der Waals surface area contributed by atoms with Crippen LogP contribution in [0.4, 0.5) is 0 Å². The summed E-state index contributed by atoms with van der Waals surface area (Å²) >= 11 is 1.78. The van der Waals surface area contributed by atoms with Gasteiger partial charge in [-0.2, -0.15) is 0 Å². The molecule has 0 saturated heterocycles. The fraction of sp³-hybridized carbons (Fsp3) is 0.250. The summed E-state index contributed by atoms with van der Waals surface area (Å²) in [5.74, 6) is 0. The Morgan fingerprint density at radius 2 is 2.00 bits per heavy atom. The van der Waals surface area contributed by atoms with Crippen molar-refractivity contribution >= 4 is 11.3 Å². The Labute approximate surface area is 92.8 Å². The Hall–Kier alpha value is -1.35. The van der Waals surface area contributed by atoms with E-state index in [-0.39, 0.29) is 5.56 Å². The van der Waals surface area contributed by atoms with Gasteiger partial charge in [-0.1, -0.05) is 13.0 Å². The van der Waals surface area contributed by atoms with Crippen molar-refractivity contribution in [3.8, 4) is 0 Å². The molecule has 0 radical (unpaired) electrons. The Morgan fingerprint density at radius 1 is 1.20 bits per heavy atom. The Morgan fingerprint density at radius 3 is 2.67 bits per heavy atom. The summed E-state index contributed by atoms with van der Waals surface area (Å²) in [6.07, 6.45) is 2.89. The first-order valence-corrected chi connectivity index (χ1v) is 5.84. The van der Waals surface area contributed by atoms with E-state index < -0.39 is 0 Å². The standard InChI is InChI=1S/C12H13NOS/c1-2-10-6-7-11(15-10)9-13-8-4-3-5-12(13)14/h3-8H,2,9H2,1H3. The molecule has 0 N–H and O–H groups in total. The third-order valence-corrected chi connectivity index (χ3v) is 3.51. The molecule has 0 aliphatic heterocycles. The molecule has 0 spiro atoms. The highest BCUT2D eigenvalue weighted by Crippen LogP contribution is 2.17. The predicted molar refractivity (Wildman–Crippen MR) is 63.5 cm³/mol. The van der Waals surface area contributed by atoms with Crippen LogP contribution in [0.5, 0.6) is 0 Å². The highest BCUT2D eigenvalue weighted by atomic mass is 32.1. The van der Waals surface area contributed by atoms with Crippen molar-refractivity contribution in [1.29, 1.82) is 0 Å². The quantitative estimate of drug-likeness (QED) is 0.777. The van der Waals surface area contributed by atoms with E-state index in [1.54, 1.807) is 28.0 Å². The molecule has 0 atom stereocenters. The minimum absolute atomic E-state index is 0.0592. The first kappa shape index (κ1) is 10.2. The van der Waals surface area contributed by atoms with Gasteiger partial charge >= 0.3 is 0 Å². The second-order valence-corrected chi connectivity index (χ2v) is 4.64. The van der Waals surface area contributed by atoms with E-state index in [4.69, 9.17) is 0 Å². The number of thiophene rings is 1. The van der Waals surface area contributed by atoms with Gasteiger partial charge in [0, 0.05) is 22.0 Å². The zero-order valence-corrected chi connectivity index (χ0v) is 9.46. The molecule has 15 heavy (non-hydrogen) atoms. The average molecular weight is 219 g/mol. The molecule has 78 valence electrons. The Bertz CT molecular complexity index is 498. The van der Waals surface area contributed by atoms with Gasteiger partial charge in [0.15, 0.2) is 0 Å². The number of nitrogens with zero attached hydrogens (tertiary/aromatic N) is 1. The molecule has 2 rings (SSSR count). The smallest absolute Gasteiger partial charge is 0.250 e. The zero-order valence-electron chi connectivity index (χ0n) is 8.64. The number of hydrogen-bond acceptors (Lipinski definition) is 2. The van der Waals surface area contributed by atoms with Crippen LogP contribution in [0.25, 0.3) is 0 Å². The van der Waals surface area contributed by atoms with Gasteiger partial charge in [-0.05, 0) is 24.6 Å². The van der Waals surface area contributed by atoms with Gasteiger partial charge in [-0.15, -0.1) is 11.3 Å². The number of pyridine rings is 1. The molecule has 2 aromatic heterocycles. The average Bonchev–Trinajstić information content (AvgIpc) is 2.69. The minimum Gasteiger partial charge on any atom is -0.310 e. The molecule has 0 aliphatic carbocycles. The molecule has 0 amide bonds. The first-order chi connectivity index (χ1) is 7.29. The fourth-order valence-corrected chi connectivity index (χ4v) is 2.41. The van der Waals surface area contributed by atoms with Gasteiger partial charge in [-0.25, -0.2) is 0 Å². The summed E-state index contributed by atoms with van der Waals surface area (Å²) < 4.78 is 1.73. The van der Waals surface area contributed by atoms with E-state index in [2.05, 4.69) is 19.1 Å². The van der Waals surface area contributed by atoms with Crippen molar-refractivity contribution in [1.82, 2.24) is 4.57 Å². The molecule has 2 heterocycles. The molecule has 0 aliphatic rings. The molecular weight excluding hydrogens is 206 g/mol. The van der Waals surface area contributed by atoms with Gasteiger partial charge in [-0.3, -0.25) is 4.79 Å². The van der Waals surface area contributed by atoms with Crippen molar-refractivity contribution < 1.29 is 0 Å². The van der Waals surface area contributed by atoms with Gasteiger partial charge < -0.3 is 4.57 Å². The summed E-state index contributed by atoms with van der Waals surface area (Å²) in [5.41, 5.74) is 0.0592. The van der Waals surface area contributed by atoms with Crippen LogP contribution in [0, 0.1) is 0 Å². The molecule has 0 bridgehead atoms. The minimum atomic E-state index is 0.0592. The normalized spacial score (nSPS) is 10.5. The topological polar surface area (TPSA) is 22.0 Å². The predicted octanol–water partition coefficient (Wildman–Crippen LogP) is 2.52. The third-order valence-electron chi connectivity index (χ3n) is 2.29. The summed E-state index contributed by atoms with van der Waals surface area (Å²) in [5, 5.41) is 0. The lowest BCUT2D eigenvalue weighted by Crippen LogP contribution is -2.17. The molecule has 2 nitrogen and oxygen atoms in total. The summed E-state index contributed by atoms with van der Waals surface area (Å²) in [6, 6.07) is 9.48. The maximum Gasteiger partial charge on any atom is 0.250 e. The lowest BCUT2D eigenvalue weighted by Gasteiger charge is -2.01. The number of hydrogen-bond donors (Lipinski definition) is 0. The first-order valence-electron chi connectivity index (χ1n) is 5.02. The highest BCUT2D eigenvalue weighted by Gasteiger charge is 2.00. The van der Waals surface area contributed by atoms with Crippen LogP contribution in [0.15, 0.2) is 41.3 Å². The van der Waals surface area contributed by atoms with Crippen LogP contribution in [0.1, 0.15) is 16.7 Å². The van der Waals surface area contributed by atoms with Crippen LogP contribution in [-0.4, -0.2) is 4.57 Å². The monoisotopic (exact) mass is 219 g/mol. The van der Waals surface area contributed by atoms with E-state index in [1.807, 2.05) is 12.3 Å². The highest BCUT2D eigenvalue weighted by molar-refractivity contribution is 7.11. The van der Waals surface area contributed by atoms with E-state index in [0.29, 0.717) is 6.54 Å². The molecule has 2 aromatic rings. The zero-order chi connectivity index (χ0) is 10.7. The van der Waals surface area contributed by atoms with Crippen LogP contribution >= 0.6 is 11.3 Å². The lowest BCUT2D eigenvalue weighted by atomic mass is 10.3. The maximum absolute atomic E-state index is 11.5. The molecule has 0 unspecified atom stereocenters. The SMILES string of the molecule is CCc1ccc(Cn2ccccc2=O)s1. The number of rotatable bonds is 3. The number of aromatic nitrogens is 1. The van der Waals surface area contributed by atoms with E-state index in [1.165, 1.54) is 9.75 Å². The van der Waals surface area contributed by atoms with Crippen molar-refractivity contribution in [2.75, 3.05) is 0 Å². The van der Waals surface area contributed by atoms with Crippen LogP contribution in [0.3, 0.4) is 0 Å². The van der Waals surface area contributed by atoms with Crippen molar-refractivity contribution in [2.45, 2.75) is 19.9 Å². The van der Waals surface area contributed by atoms with Crippen molar-refractivity contribution in [3.63, 3.8) is 0 Å². The lowest BCUT2D eigenvalue weighted by molar-refractivity contribution is 0.770. The Kier molecular flexibility index (Phi) is 3.02. The molecular formula is C12H13NOS. The van der Waals surface area contributed by atoms with E-state index in [9.17, 15) is 4.79 Å². The van der Waals surface area contributed by atoms with Gasteiger partial charge in [0.25, 0.3) is 5.56 Å². The molecule has 0 aromatic carbocycles. The van der Waals surface area contributed by atoms with Crippen LogP contribution < -0.4 is 5.56 Å². The summed E-state index contributed by atoms with van der Waals surface area (Å²) in [6.45, 7) is 2.83. The number of aryl methyl sites for hydroxylation is 1. The third kappa shape index (κ3) is 2.36. The van der Waals surface area contributed by atoms with Gasteiger partial charge in [0.2, 0.25) is 0 Å². The van der Waals surface area contributed by atoms with Crippen molar-refractivity contribution in [3.05, 3.63) is 56.6 Å². The van der Waals surface area contributed by atoms with Gasteiger partial charge in [0.05, 0.1) is 6.54 Å². The second-order valence-electron chi connectivity index (χ2n) is 3.39. The van der Waals surface area contributed by atoms with Crippen molar-refractivity contribution in [2.24, 2.45) is 0 Å². The van der Waals surface area contributed by atoms with Gasteiger partial charge in [0.1, 0.15) is 0 Å². The van der Waals surface area contributed by atoms with E-state index in [0.717, 1.165) is 6.42 Å². The second kappa shape index (κ2) is 4.45. The van der Waals surface area contributed by atoms with Crippen LogP contribution in [0.2, 0.25) is 0 Å². The largest absolute Gasteiger partial charge is 0.310 e. The summed E-state index contributed by atoms with van der Waals surface area (Å²) in [7, 11) is 0. The maximum atomic E-state index is 11.5. The molecule has 0 fully saturated rings. The van der Waals surface area contributed by atoms with E-state index >= 15 is 0 Å². The molecule has 3 heteroatoms. The fourth-order valence-electron chi connectivity index (χ4n) is 1.46. The molecule has 0 saturated carbocycles. The van der Waals surface area contributed by atoms with Crippen LogP contribution in [-0.2, 0) is 13.0 Å².